The Morgan fingerprint density at radius 2 is 1.94 bits per heavy atom. The Labute approximate surface area is 111 Å². The standard InChI is InChI=1S/C11H13ClN2O3S/c12-9-3-1-2-4-10(9)18(16,17)14-7-5-11(15)13-6-8-14/h1-4H,5-8H2,(H,13,15). The van der Waals surface area contributed by atoms with Crippen LogP contribution in [0.15, 0.2) is 29.2 Å². The van der Waals surface area contributed by atoms with E-state index in [9.17, 15) is 13.2 Å². The third-order valence-electron chi connectivity index (χ3n) is 2.73. The highest BCUT2D eigenvalue weighted by Crippen LogP contribution is 2.24. The van der Waals surface area contributed by atoms with Gasteiger partial charge in [-0.15, -0.1) is 0 Å². The lowest BCUT2D eigenvalue weighted by Gasteiger charge is -2.19. The molecular weight excluding hydrogens is 276 g/mol. The van der Waals surface area contributed by atoms with Crippen molar-refractivity contribution >= 4 is 27.5 Å². The van der Waals surface area contributed by atoms with Crippen molar-refractivity contribution < 1.29 is 13.2 Å². The van der Waals surface area contributed by atoms with Crippen LogP contribution in [0.5, 0.6) is 0 Å². The Kier molecular flexibility index (Phi) is 3.89. The van der Waals surface area contributed by atoms with Crippen LogP contribution in [0.4, 0.5) is 0 Å². The molecule has 1 saturated heterocycles. The molecule has 1 aliphatic heterocycles. The third kappa shape index (κ3) is 2.66. The van der Waals surface area contributed by atoms with E-state index < -0.39 is 10.0 Å². The van der Waals surface area contributed by atoms with E-state index in [4.69, 9.17) is 11.6 Å². The SMILES string of the molecule is O=C1CCN(S(=O)(=O)c2ccccc2Cl)CCN1. The third-order valence-corrected chi connectivity index (χ3v) is 5.12. The number of hydrogen-bond donors (Lipinski definition) is 1. The van der Waals surface area contributed by atoms with Gasteiger partial charge in [0.25, 0.3) is 0 Å². The zero-order chi connectivity index (χ0) is 13.2. The number of nitrogens with zero attached hydrogens (tertiary/aromatic N) is 1. The number of carbonyl (C=O) groups is 1. The summed E-state index contributed by atoms with van der Waals surface area (Å²) in [5.74, 6) is -0.133. The molecule has 0 spiro atoms. The summed E-state index contributed by atoms with van der Waals surface area (Å²) in [7, 11) is -3.63. The molecule has 2 rings (SSSR count). The summed E-state index contributed by atoms with van der Waals surface area (Å²) in [6.45, 7) is 0.765. The first kappa shape index (κ1) is 13.3. The number of nitrogens with one attached hydrogen (secondary N) is 1. The van der Waals surface area contributed by atoms with Crippen molar-refractivity contribution in [2.24, 2.45) is 0 Å². The van der Waals surface area contributed by atoms with Crippen LogP contribution in [0.2, 0.25) is 5.02 Å². The lowest BCUT2D eigenvalue weighted by molar-refractivity contribution is -0.120. The van der Waals surface area contributed by atoms with Crippen LogP contribution in [0, 0.1) is 0 Å². The van der Waals surface area contributed by atoms with Crippen LogP contribution in [0.25, 0.3) is 0 Å². The van der Waals surface area contributed by atoms with Gasteiger partial charge in [-0.2, -0.15) is 4.31 Å². The zero-order valence-corrected chi connectivity index (χ0v) is 11.2. The number of halogens is 1. The second-order valence-corrected chi connectivity index (χ2v) is 6.25. The van der Waals surface area contributed by atoms with Crippen LogP contribution in [-0.4, -0.2) is 38.3 Å². The van der Waals surface area contributed by atoms with Crippen molar-refractivity contribution in [2.45, 2.75) is 11.3 Å². The van der Waals surface area contributed by atoms with Gasteiger partial charge in [-0.25, -0.2) is 8.42 Å². The van der Waals surface area contributed by atoms with Gasteiger partial charge >= 0.3 is 0 Å². The second-order valence-electron chi connectivity index (χ2n) is 3.93. The lowest BCUT2D eigenvalue weighted by Crippen LogP contribution is -2.34. The first-order chi connectivity index (χ1) is 8.51. The maximum Gasteiger partial charge on any atom is 0.244 e. The highest BCUT2D eigenvalue weighted by Gasteiger charge is 2.28. The van der Waals surface area contributed by atoms with Crippen molar-refractivity contribution in [3.05, 3.63) is 29.3 Å². The molecule has 1 fully saturated rings. The van der Waals surface area contributed by atoms with E-state index in [0.29, 0.717) is 6.54 Å². The molecule has 98 valence electrons. The Morgan fingerprint density at radius 3 is 2.67 bits per heavy atom. The number of benzene rings is 1. The summed E-state index contributed by atoms with van der Waals surface area (Å²) in [5, 5.41) is 2.83. The number of sulfonamides is 1. The fourth-order valence-corrected chi connectivity index (χ4v) is 3.71. The molecular formula is C11H13ClN2O3S. The van der Waals surface area contributed by atoms with Crippen LogP contribution < -0.4 is 5.32 Å². The second kappa shape index (κ2) is 5.26. The lowest BCUT2D eigenvalue weighted by atomic mass is 10.4. The maximum absolute atomic E-state index is 12.4. The van der Waals surface area contributed by atoms with Crippen molar-refractivity contribution in [3.8, 4) is 0 Å². The van der Waals surface area contributed by atoms with Gasteiger partial charge in [-0.05, 0) is 12.1 Å². The molecule has 0 unspecified atom stereocenters. The minimum atomic E-state index is -3.63. The normalized spacial score (nSPS) is 18.2. The molecule has 0 bridgehead atoms. The molecule has 5 nitrogen and oxygen atoms in total. The van der Waals surface area contributed by atoms with Gasteiger partial charge in [-0.3, -0.25) is 4.79 Å². The minimum Gasteiger partial charge on any atom is -0.355 e. The van der Waals surface area contributed by atoms with Crippen LogP contribution in [0.1, 0.15) is 6.42 Å². The van der Waals surface area contributed by atoms with Gasteiger partial charge < -0.3 is 5.32 Å². The first-order valence-electron chi connectivity index (χ1n) is 5.53. The molecule has 0 aliphatic carbocycles. The van der Waals surface area contributed by atoms with Gasteiger partial charge in [0, 0.05) is 26.1 Å². The summed E-state index contributed by atoms with van der Waals surface area (Å²) >= 11 is 5.91. The zero-order valence-electron chi connectivity index (χ0n) is 9.60. The number of carbonyl (C=O) groups excluding carboxylic acids is 1. The van der Waals surface area contributed by atoms with Gasteiger partial charge in [0.2, 0.25) is 15.9 Å². The smallest absolute Gasteiger partial charge is 0.244 e. The number of rotatable bonds is 2. The molecule has 0 saturated carbocycles. The van der Waals surface area contributed by atoms with Gasteiger partial charge in [-0.1, -0.05) is 23.7 Å². The number of hydrogen-bond acceptors (Lipinski definition) is 3. The molecule has 0 radical (unpaired) electrons. The average molecular weight is 289 g/mol. The molecule has 7 heteroatoms. The molecule has 0 atom stereocenters. The van der Waals surface area contributed by atoms with Crippen LogP contribution in [-0.2, 0) is 14.8 Å². The van der Waals surface area contributed by atoms with Gasteiger partial charge in [0.1, 0.15) is 4.90 Å². The fourth-order valence-electron chi connectivity index (χ4n) is 1.78. The van der Waals surface area contributed by atoms with E-state index in [-0.39, 0.29) is 35.3 Å². The quantitative estimate of drug-likeness (QED) is 0.877. The van der Waals surface area contributed by atoms with Crippen molar-refractivity contribution in [1.29, 1.82) is 0 Å². The predicted molar refractivity (Wildman–Crippen MR) is 67.8 cm³/mol. The topological polar surface area (TPSA) is 66.5 Å². The highest BCUT2D eigenvalue weighted by molar-refractivity contribution is 7.89. The van der Waals surface area contributed by atoms with E-state index in [0.717, 1.165) is 0 Å². The molecule has 1 heterocycles. The van der Waals surface area contributed by atoms with Crippen LogP contribution >= 0.6 is 11.6 Å². The van der Waals surface area contributed by atoms with E-state index >= 15 is 0 Å². The van der Waals surface area contributed by atoms with Crippen LogP contribution in [0.3, 0.4) is 0 Å². The summed E-state index contributed by atoms with van der Waals surface area (Å²) in [6.07, 6.45) is 0.170. The molecule has 18 heavy (non-hydrogen) atoms. The summed E-state index contributed by atoms with van der Waals surface area (Å²) in [4.78, 5) is 11.3. The highest BCUT2D eigenvalue weighted by atomic mass is 35.5. The fraction of sp³-hybridized carbons (Fsp3) is 0.364. The monoisotopic (exact) mass is 288 g/mol. The molecule has 1 aromatic rings. The van der Waals surface area contributed by atoms with E-state index in [2.05, 4.69) is 5.32 Å². The predicted octanol–water partition coefficient (Wildman–Crippen LogP) is 0.851. The first-order valence-corrected chi connectivity index (χ1v) is 7.35. The van der Waals surface area contributed by atoms with Crippen molar-refractivity contribution in [2.75, 3.05) is 19.6 Å². The average Bonchev–Trinajstić information content (AvgIpc) is 2.54. The summed E-state index contributed by atoms with van der Waals surface area (Å²) in [6, 6.07) is 6.31. The molecule has 1 amide bonds. The summed E-state index contributed by atoms with van der Waals surface area (Å²) in [5.41, 5.74) is 0. The van der Waals surface area contributed by atoms with Gasteiger partial charge in [0.05, 0.1) is 5.02 Å². The molecule has 1 aromatic carbocycles. The Balaban J connectivity index is 2.31. The van der Waals surface area contributed by atoms with E-state index in [1.807, 2.05) is 0 Å². The molecule has 1 N–H and O–H groups in total. The molecule has 0 aromatic heterocycles. The minimum absolute atomic E-state index is 0.0843. The molecule has 1 aliphatic rings. The van der Waals surface area contributed by atoms with Crippen molar-refractivity contribution in [1.82, 2.24) is 9.62 Å². The summed E-state index contributed by atoms with van der Waals surface area (Å²) < 4.78 is 26.0. The Bertz CT molecular complexity index is 559. The number of amides is 1. The Morgan fingerprint density at radius 1 is 1.22 bits per heavy atom. The van der Waals surface area contributed by atoms with Gasteiger partial charge in [0.15, 0.2) is 0 Å². The van der Waals surface area contributed by atoms with E-state index in [1.54, 1.807) is 12.1 Å². The van der Waals surface area contributed by atoms with E-state index in [1.165, 1.54) is 16.4 Å². The Hall–Kier alpha value is -1.11. The van der Waals surface area contributed by atoms with Crippen molar-refractivity contribution in [3.63, 3.8) is 0 Å². The maximum atomic E-state index is 12.4. The largest absolute Gasteiger partial charge is 0.355 e.